The average molecular weight is 318 g/mol. The summed E-state index contributed by atoms with van der Waals surface area (Å²) >= 11 is 1.29. The summed E-state index contributed by atoms with van der Waals surface area (Å²) in [5, 5.41) is 9.39. The summed E-state index contributed by atoms with van der Waals surface area (Å²) in [6.07, 6.45) is 0. The molecule has 1 heterocycles. The molecular formula is C16H10F2NO2S+. The van der Waals surface area contributed by atoms with Crippen LogP contribution in [0.25, 0.3) is 21.8 Å². The zero-order valence-corrected chi connectivity index (χ0v) is 12.0. The lowest BCUT2D eigenvalue weighted by atomic mass is 10.1. The monoisotopic (exact) mass is 318 g/mol. The molecule has 0 bridgehead atoms. The number of benzene rings is 2. The Morgan fingerprint density at radius 3 is 2.68 bits per heavy atom. The molecule has 0 aliphatic carbocycles. The van der Waals surface area contributed by atoms with E-state index >= 15 is 0 Å². The van der Waals surface area contributed by atoms with Gasteiger partial charge in [-0.2, -0.15) is 0 Å². The summed E-state index contributed by atoms with van der Waals surface area (Å²) in [5.74, 6) is -2.09. The predicted molar refractivity (Wildman–Crippen MR) is 80.8 cm³/mol. The van der Waals surface area contributed by atoms with E-state index in [1.807, 2.05) is 0 Å². The van der Waals surface area contributed by atoms with Gasteiger partial charge in [-0.15, -0.1) is 11.3 Å². The van der Waals surface area contributed by atoms with E-state index in [1.54, 1.807) is 29.6 Å². The van der Waals surface area contributed by atoms with Crippen LogP contribution in [0.1, 0.15) is 10.4 Å². The Morgan fingerprint density at radius 2 is 1.95 bits per heavy atom. The number of rotatable bonds is 3. The highest BCUT2D eigenvalue weighted by Crippen LogP contribution is 2.30. The molecule has 0 spiro atoms. The van der Waals surface area contributed by atoms with Crippen molar-refractivity contribution < 1.29 is 18.7 Å². The lowest BCUT2D eigenvalue weighted by Gasteiger charge is -1.99. The molecule has 2 aromatic carbocycles. The summed E-state index contributed by atoms with van der Waals surface area (Å²) in [7, 11) is 0. The van der Waals surface area contributed by atoms with Crippen LogP contribution in [-0.2, 0) is 0 Å². The molecule has 0 radical (unpaired) electrons. The number of hydrogen-bond acceptors (Lipinski definition) is 3. The maximum absolute atomic E-state index is 13.8. The molecule has 3 nitrogen and oxygen atoms in total. The molecule has 0 aliphatic heterocycles. The highest BCUT2D eigenvalue weighted by atomic mass is 32.1. The van der Waals surface area contributed by atoms with Gasteiger partial charge in [-0.3, -0.25) is 0 Å². The van der Waals surface area contributed by atoms with Gasteiger partial charge in [-0.25, -0.2) is 13.8 Å². The van der Waals surface area contributed by atoms with Gasteiger partial charge < -0.3 is 5.11 Å². The van der Waals surface area contributed by atoms with Gasteiger partial charge in [-0.05, 0) is 24.3 Å². The van der Waals surface area contributed by atoms with Gasteiger partial charge >= 0.3 is 5.97 Å². The minimum absolute atomic E-state index is 0.219. The molecule has 1 aromatic heterocycles. The van der Waals surface area contributed by atoms with Crippen LogP contribution in [0.2, 0.25) is 0 Å². The van der Waals surface area contributed by atoms with Gasteiger partial charge in [0.15, 0.2) is 0 Å². The fourth-order valence-corrected chi connectivity index (χ4v) is 2.84. The second-order valence-electron chi connectivity index (χ2n) is 4.57. The number of halogens is 2. The molecule has 0 atom stereocenters. The van der Waals surface area contributed by atoms with Crippen LogP contribution >= 0.6 is 11.3 Å². The molecule has 110 valence electrons. The van der Waals surface area contributed by atoms with Crippen molar-refractivity contribution in [1.82, 2.24) is 4.98 Å². The molecule has 22 heavy (non-hydrogen) atoms. The smallest absolute Gasteiger partial charge is 0.549 e. The lowest BCUT2D eigenvalue weighted by molar-refractivity contribution is 0.0697. The molecule has 3 aromatic rings. The highest BCUT2D eigenvalue weighted by molar-refractivity contribution is 7.13. The fourth-order valence-electron chi connectivity index (χ4n) is 2.02. The van der Waals surface area contributed by atoms with Gasteiger partial charge in [0.1, 0.15) is 22.2 Å². The Kier molecular flexibility index (Phi) is 3.68. The maximum atomic E-state index is 13.8. The number of hydrogen-bond donors (Lipinski definition) is 0. The third-order valence-corrected chi connectivity index (χ3v) is 3.97. The first-order valence-electron chi connectivity index (χ1n) is 6.32. The van der Waals surface area contributed by atoms with Crippen LogP contribution in [0.5, 0.6) is 0 Å². The predicted octanol–water partition coefficient (Wildman–Crippen LogP) is 3.62. The Morgan fingerprint density at radius 1 is 1.14 bits per heavy atom. The summed E-state index contributed by atoms with van der Waals surface area (Å²) in [6.45, 7) is 0. The Bertz CT molecular complexity index is 861. The van der Waals surface area contributed by atoms with Gasteiger partial charge in [0.2, 0.25) is 0 Å². The average Bonchev–Trinajstić information content (AvgIpc) is 2.97. The van der Waals surface area contributed by atoms with Crippen LogP contribution in [0.3, 0.4) is 0 Å². The minimum Gasteiger partial charge on any atom is -0.561 e. The van der Waals surface area contributed by atoms with Gasteiger partial charge in [-0.1, -0.05) is 12.1 Å². The molecule has 0 unspecified atom stereocenters. The van der Waals surface area contributed by atoms with Crippen molar-refractivity contribution in [2.75, 3.05) is 0 Å². The van der Waals surface area contributed by atoms with E-state index in [0.717, 1.165) is 6.07 Å². The van der Waals surface area contributed by atoms with Crippen molar-refractivity contribution in [2.45, 2.75) is 0 Å². The van der Waals surface area contributed by atoms with Crippen molar-refractivity contribution in [1.29, 1.82) is 0 Å². The molecule has 0 fully saturated rings. The van der Waals surface area contributed by atoms with Crippen LogP contribution in [0.15, 0.2) is 47.8 Å². The first-order chi connectivity index (χ1) is 10.5. The fraction of sp³-hybridized carbons (Fsp3) is 0. The topological polar surface area (TPSA) is 52.9 Å². The molecule has 2 N–H and O–H groups in total. The second kappa shape index (κ2) is 5.65. The zero-order valence-electron chi connectivity index (χ0n) is 11.1. The van der Waals surface area contributed by atoms with E-state index in [9.17, 15) is 13.6 Å². The Labute approximate surface area is 128 Å². The number of aromatic nitrogens is 1. The first kappa shape index (κ1) is 14.3. The van der Waals surface area contributed by atoms with Crippen molar-refractivity contribution in [3.63, 3.8) is 0 Å². The second-order valence-corrected chi connectivity index (χ2v) is 5.43. The van der Waals surface area contributed by atoms with E-state index < -0.39 is 17.6 Å². The molecule has 0 saturated carbocycles. The van der Waals surface area contributed by atoms with Crippen molar-refractivity contribution >= 4 is 17.3 Å². The Hall–Kier alpha value is -2.60. The van der Waals surface area contributed by atoms with E-state index in [-0.39, 0.29) is 11.1 Å². The first-order valence-corrected chi connectivity index (χ1v) is 7.20. The summed E-state index contributed by atoms with van der Waals surface area (Å²) in [5.41, 5.74) is 1.57. The number of carbonyl (C=O) groups is 1. The van der Waals surface area contributed by atoms with Crippen LogP contribution < -0.4 is 0 Å². The van der Waals surface area contributed by atoms with Gasteiger partial charge in [0.25, 0.3) is 0 Å². The third kappa shape index (κ3) is 2.73. The van der Waals surface area contributed by atoms with Gasteiger partial charge in [0, 0.05) is 27.4 Å². The summed E-state index contributed by atoms with van der Waals surface area (Å²) in [6, 6.07) is 9.87. The van der Waals surface area contributed by atoms with Crippen molar-refractivity contribution in [2.24, 2.45) is 0 Å². The standard InChI is InChI=1S/C16H9F2NO2S/c17-11-4-5-12(13(18)7-11)14-8-22-15(19-14)9-2-1-3-10(6-9)16(20)21/h1-8H,(H,20,21)/p+1. The highest BCUT2D eigenvalue weighted by Gasteiger charge is 2.15. The Balaban J connectivity index is 2.00. The van der Waals surface area contributed by atoms with E-state index in [4.69, 9.17) is 5.11 Å². The number of nitrogens with zero attached hydrogens (tertiary/aromatic N) is 1. The molecule has 6 heteroatoms. The summed E-state index contributed by atoms with van der Waals surface area (Å²) < 4.78 is 26.7. The minimum atomic E-state index is -0.775. The number of carbonyl (C=O) groups excluding carboxylic acids is 1. The summed E-state index contributed by atoms with van der Waals surface area (Å²) in [4.78, 5) is 15.4. The van der Waals surface area contributed by atoms with Crippen LogP contribution in [-0.4, -0.2) is 16.1 Å². The zero-order chi connectivity index (χ0) is 15.7. The molecular weight excluding hydrogens is 308 g/mol. The maximum Gasteiger partial charge on any atom is 0.549 e. The van der Waals surface area contributed by atoms with E-state index in [1.165, 1.54) is 23.5 Å². The van der Waals surface area contributed by atoms with Crippen LogP contribution in [0, 0.1) is 11.6 Å². The van der Waals surface area contributed by atoms with Gasteiger partial charge in [0.05, 0.1) is 5.69 Å². The van der Waals surface area contributed by atoms with Crippen molar-refractivity contribution in [3.8, 4) is 21.8 Å². The van der Waals surface area contributed by atoms with Crippen molar-refractivity contribution in [3.05, 3.63) is 65.0 Å². The lowest BCUT2D eigenvalue weighted by Crippen LogP contribution is -1.95. The molecule has 0 saturated heterocycles. The quantitative estimate of drug-likeness (QED) is 0.693. The largest absolute Gasteiger partial charge is 0.561 e. The van der Waals surface area contributed by atoms with E-state index in [0.29, 0.717) is 16.3 Å². The van der Waals surface area contributed by atoms with Crippen LogP contribution in [0.4, 0.5) is 8.78 Å². The number of thiazole rings is 1. The molecule has 0 amide bonds. The normalized spacial score (nSPS) is 10.6. The van der Waals surface area contributed by atoms with E-state index in [2.05, 4.69) is 4.98 Å². The SMILES string of the molecule is O=C([OH2+])c1cccc(-c2nc(-c3ccc(F)cc3F)cs2)c1. The molecule has 3 rings (SSSR count). The third-order valence-electron chi connectivity index (χ3n) is 3.08. The molecule has 0 aliphatic rings.